The highest BCUT2D eigenvalue weighted by Crippen LogP contribution is 2.49. The first kappa shape index (κ1) is 12.7. The van der Waals surface area contributed by atoms with Crippen LogP contribution >= 0.6 is 0 Å². The molecule has 0 amide bonds. The molecule has 4 nitrogen and oxygen atoms in total. The van der Waals surface area contributed by atoms with Crippen LogP contribution in [0.4, 0.5) is 0 Å². The summed E-state index contributed by atoms with van der Waals surface area (Å²) in [6.07, 6.45) is 4.77. The number of hydrogen-bond acceptors (Lipinski definition) is 3. The van der Waals surface area contributed by atoms with Crippen molar-refractivity contribution in [2.45, 2.75) is 37.5 Å². The van der Waals surface area contributed by atoms with Gasteiger partial charge >= 0.3 is 0 Å². The SMILES string of the molecule is CCCC1(CN=C2NS(=O)(=O)c3ccccc32)CC1. The summed E-state index contributed by atoms with van der Waals surface area (Å²) < 4.78 is 26.4. The maximum absolute atomic E-state index is 11.9. The van der Waals surface area contributed by atoms with Gasteiger partial charge in [0.05, 0.1) is 4.90 Å². The number of fused-ring (bicyclic) bond motifs is 1. The Balaban J connectivity index is 1.88. The van der Waals surface area contributed by atoms with Gasteiger partial charge in [-0.1, -0.05) is 25.5 Å². The van der Waals surface area contributed by atoms with E-state index in [-0.39, 0.29) is 0 Å². The molecule has 1 saturated carbocycles. The predicted molar refractivity (Wildman–Crippen MR) is 74.7 cm³/mol. The first-order chi connectivity index (χ1) is 9.06. The van der Waals surface area contributed by atoms with Crippen LogP contribution in [0.15, 0.2) is 34.2 Å². The summed E-state index contributed by atoms with van der Waals surface area (Å²) in [6, 6.07) is 7.01. The minimum absolute atomic E-state index is 0.338. The third-order valence-electron chi connectivity index (χ3n) is 3.97. The molecule has 5 heteroatoms. The Morgan fingerprint density at radius 3 is 2.74 bits per heavy atom. The molecule has 1 heterocycles. The molecule has 0 bridgehead atoms. The van der Waals surface area contributed by atoms with Crippen molar-refractivity contribution in [2.75, 3.05) is 6.54 Å². The van der Waals surface area contributed by atoms with Crippen LogP contribution in [-0.2, 0) is 10.0 Å². The van der Waals surface area contributed by atoms with Crippen LogP contribution in [0.3, 0.4) is 0 Å². The van der Waals surface area contributed by atoms with E-state index in [1.807, 2.05) is 12.1 Å². The molecule has 0 aromatic heterocycles. The van der Waals surface area contributed by atoms with Crippen molar-refractivity contribution in [3.05, 3.63) is 29.8 Å². The van der Waals surface area contributed by atoms with E-state index in [4.69, 9.17) is 0 Å². The summed E-state index contributed by atoms with van der Waals surface area (Å²) in [4.78, 5) is 4.88. The van der Waals surface area contributed by atoms with Crippen LogP contribution in [0.25, 0.3) is 0 Å². The Morgan fingerprint density at radius 1 is 1.32 bits per heavy atom. The molecule has 1 N–H and O–H groups in total. The van der Waals surface area contributed by atoms with Gasteiger partial charge in [0.2, 0.25) is 0 Å². The van der Waals surface area contributed by atoms with Crippen LogP contribution in [0.1, 0.15) is 38.2 Å². The van der Waals surface area contributed by atoms with Crippen molar-refractivity contribution < 1.29 is 8.42 Å². The van der Waals surface area contributed by atoms with Gasteiger partial charge in [0.25, 0.3) is 10.0 Å². The zero-order valence-electron chi connectivity index (χ0n) is 11.0. The summed E-state index contributed by atoms with van der Waals surface area (Å²) in [5.41, 5.74) is 1.04. The van der Waals surface area contributed by atoms with Gasteiger partial charge in [0.1, 0.15) is 5.84 Å². The maximum Gasteiger partial charge on any atom is 0.263 e. The molecule has 1 aromatic carbocycles. The number of nitrogens with one attached hydrogen (secondary N) is 1. The van der Waals surface area contributed by atoms with Gasteiger partial charge in [-0.15, -0.1) is 0 Å². The minimum Gasteiger partial charge on any atom is -0.267 e. The fraction of sp³-hybridized carbons (Fsp3) is 0.500. The van der Waals surface area contributed by atoms with Gasteiger partial charge in [-0.2, -0.15) is 0 Å². The average molecular weight is 278 g/mol. The van der Waals surface area contributed by atoms with Crippen molar-refractivity contribution in [1.29, 1.82) is 0 Å². The second kappa shape index (κ2) is 4.34. The third-order valence-corrected chi connectivity index (χ3v) is 5.37. The van der Waals surface area contributed by atoms with Crippen molar-refractivity contribution in [3.8, 4) is 0 Å². The highest BCUT2D eigenvalue weighted by atomic mass is 32.2. The molecule has 0 atom stereocenters. The van der Waals surface area contributed by atoms with Gasteiger partial charge in [0.15, 0.2) is 0 Å². The lowest BCUT2D eigenvalue weighted by Gasteiger charge is -2.10. The summed E-state index contributed by atoms with van der Waals surface area (Å²) in [5, 5.41) is 0. The normalized spacial score (nSPS) is 23.9. The number of benzene rings is 1. The van der Waals surface area contributed by atoms with Gasteiger partial charge in [-0.3, -0.25) is 9.71 Å². The molecule has 0 unspecified atom stereocenters. The molecule has 102 valence electrons. The number of nitrogens with zero attached hydrogens (tertiary/aromatic N) is 1. The molecule has 19 heavy (non-hydrogen) atoms. The lowest BCUT2D eigenvalue weighted by Crippen LogP contribution is -2.23. The fourth-order valence-electron chi connectivity index (χ4n) is 2.69. The molecular weight excluding hydrogens is 260 g/mol. The van der Waals surface area contributed by atoms with E-state index in [1.165, 1.54) is 19.3 Å². The Morgan fingerprint density at radius 2 is 2.05 bits per heavy atom. The molecule has 3 rings (SSSR count). The molecular formula is C14H18N2O2S. The second-order valence-corrected chi connectivity index (χ2v) is 7.17. The predicted octanol–water partition coefficient (Wildman–Crippen LogP) is 2.31. The Hall–Kier alpha value is -1.36. The summed E-state index contributed by atoms with van der Waals surface area (Å²) in [5.74, 6) is 0.512. The zero-order valence-corrected chi connectivity index (χ0v) is 11.8. The first-order valence-electron chi connectivity index (χ1n) is 6.73. The smallest absolute Gasteiger partial charge is 0.263 e. The van der Waals surface area contributed by atoms with Crippen molar-refractivity contribution in [2.24, 2.45) is 10.4 Å². The number of rotatable bonds is 4. The summed E-state index contributed by atoms with van der Waals surface area (Å²) in [7, 11) is -3.40. The van der Waals surface area contributed by atoms with Crippen LogP contribution in [-0.4, -0.2) is 20.8 Å². The lowest BCUT2D eigenvalue weighted by molar-refractivity contribution is 0.473. The summed E-state index contributed by atoms with van der Waals surface area (Å²) in [6.45, 7) is 2.91. The second-order valence-electron chi connectivity index (χ2n) is 5.52. The number of aliphatic imine (C=N–C) groups is 1. The van der Waals surface area contributed by atoms with Gasteiger partial charge in [-0.25, -0.2) is 8.42 Å². The maximum atomic E-state index is 11.9. The molecule has 1 aromatic rings. The van der Waals surface area contributed by atoms with Gasteiger partial charge in [0, 0.05) is 12.1 Å². The Bertz CT molecular complexity index is 631. The van der Waals surface area contributed by atoms with Crippen molar-refractivity contribution in [3.63, 3.8) is 0 Å². The van der Waals surface area contributed by atoms with E-state index in [1.54, 1.807) is 12.1 Å². The topological polar surface area (TPSA) is 58.5 Å². The molecule has 0 radical (unpaired) electrons. The van der Waals surface area contributed by atoms with Crippen LogP contribution < -0.4 is 4.72 Å². The van der Waals surface area contributed by atoms with Crippen LogP contribution in [0.5, 0.6) is 0 Å². The fourth-order valence-corrected chi connectivity index (χ4v) is 3.94. The number of amidine groups is 1. The standard InChI is InChI=1S/C14H18N2O2S/c1-2-7-14(8-9-14)10-15-13-11-5-3-4-6-12(11)19(17,18)16-13/h3-6H,2,7-10H2,1H3,(H,15,16). The van der Waals surface area contributed by atoms with Crippen molar-refractivity contribution in [1.82, 2.24) is 4.72 Å². The van der Waals surface area contributed by atoms with Gasteiger partial charge in [-0.05, 0) is 36.8 Å². The highest BCUT2D eigenvalue weighted by molar-refractivity contribution is 7.90. The molecule has 1 aliphatic carbocycles. The van der Waals surface area contributed by atoms with E-state index in [0.717, 1.165) is 13.0 Å². The third kappa shape index (κ3) is 2.27. The number of hydrogen-bond donors (Lipinski definition) is 1. The minimum atomic E-state index is -3.40. The van der Waals surface area contributed by atoms with E-state index < -0.39 is 10.0 Å². The van der Waals surface area contributed by atoms with E-state index >= 15 is 0 Å². The molecule has 0 saturated heterocycles. The Kier molecular flexibility index (Phi) is 2.89. The van der Waals surface area contributed by atoms with Crippen LogP contribution in [0, 0.1) is 5.41 Å². The van der Waals surface area contributed by atoms with E-state index in [2.05, 4.69) is 16.6 Å². The van der Waals surface area contributed by atoms with Crippen LogP contribution in [0.2, 0.25) is 0 Å². The first-order valence-corrected chi connectivity index (χ1v) is 8.21. The quantitative estimate of drug-likeness (QED) is 0.918. The summed E-state index contributed by atoms with van der Waals surface area (Å²) >= 11 is 0. The Labute approximate surface area is 114 Å². The molecule has 1 aliphatic heterocycles. The zero-order chi connectivity index (χ0) is 13.5. The lowest BCUT2D eigenvalue weighted by atomic mass is 10.0. The average Bonchev–Trinajstić information content (AvgIpc) is 3.10. The molecule has 2 aliphatic rings. The van der Waals surface area contributed by atoms with Crippen molar-refractivity contribution >= 4 is 15.9 Å². The number of sulfonamides is 1. The monoisotopic (exact) mass is 278 g/mol. The van der Waals surface area contributed by atoms with E-state index in [0.29, 0.717) is 21.7 Å². The molecule has 0 spiro atoms. The largest absolute Gasteiger partial charge is 0.267 e. The highest BCUT2D eigenvalue weighted by Gasteiger charge is 2.41. The van der Waals surface area contributed by atoms with E-state index in [9.17, 15) is 8.42 Å². The van der Waals surface area contributed by atoms with Gasteiger partial charge < -0.3 is 0 Å². The molecule has 1 fully saturated rings.